The lowest BCUT2D eigenvalue weighted by Gasteiger charge is -2.41. The Morgan fingerprint density at radius 3 is 2.25 bits per heavy atom. The highest BCUT2D eigenvalue weighted by atomic mass is 32.2. The average molecular weight is 359 g/mol. The van der Waals surface area contributed by atoms with Gasteiger partial charge in [-0.1, -0.05) is 18.7 Å². The Hall–Kier alpha value is -1.61. The predicted octanol–water partition coefficient (Wildman–Crippen LogP) is 1.06. The Morgan fingerprint density at radius 2 is 1.71 bits per heavy atom. The standard InChI is InChI=1S/C15H21NO7S/c1-5-11-16-12-14(22-9(4)19)13(21-8(3)18)10(6-20-7(2)17)23-15(12)24-11/h10,12-15H,5-6H2,1-4H3/t10-,12-,13-,14-,15-/m1/s1. The fraction of sp³-hybridized carbons (Fsp3) is 0.733. The number of esters is 3. The number of thioether (sulfide) groups is 1. The van der Waals surface area contributed by atoms with Gasteiger partial charge in [0.1, 0.15) is 24.2 Å². The third-order valence-corrected chi connectivity index (χ3v) is 4.81. The second kappa shape index (κ2) is 7.98. The van der Waals surface area contributed by atoms with Gasteiger partial charge in [0.15, 0.2) is 12.2 Å². The lowest BCUT2D eigenvalue weighted by Crippen LogP contribution is -2.59. The van der Waals surface area contributed by atoms with E-state index in [-0.39, 0.29) is 12.0 Å². The van der Waals surface area contributed by atoms with Crippen molar-refractivity contribution in [3.05, 3.63) is 0 Å². The van der Waals surface area contributed by atoms with Gasteiger partial charge in [-0.15, -0.1) is 0 Å². The number of carbonyl (C=O) groups is 3. The zero-order valence-corrected chi connectivity index (χ0v) is 14.8. The first kappa shape index (κ1) is 18.7. The molecule has 9 heteroatoms. The number of fused-ring (bicyclic) bond motifs is 1. The van der Waals surface area contributed by atoms with Crippen molar-refractivity contribution in [3.8, 4) is 0 Å². The first-order valence-electron chi connectivity index (χ1n) is 7.68. The van der Waals surface area contributed by atoms with Gasteiger partial charge in [-0.3, -0.25) is 19.4 Å². The maximum atomic E-state index is 11.5. The van der Waals surface area contributed by atoms with Crippen molar-refractivity contribution in [2.24, 2.45) is 4.99 Å². The summed E-state index contributed by atoms with van der Waals surface area (Å²) in [4.78, 5) is 38.6. The molecule has 0 saturated carbocycles. The van der Waals surface area contributed by atoms with Crippen LogP contribution in [0.25, 0.3) is 0 Å². The van der Waals surface area contributed by atoms with Crippen molar-refractivity contribution in [2.45, 2.75) is 63.9 Å². The van der Waals surface area contributed by atoms with E-state index in [1.165, 1.54) is 32.5 Å². The van der Waals surface area contributed by atoms with E-state index in [0.29, 0.717) is 0 Å². The molecule has 0 amide bonds. The molecule has 1 saturated heterocycles. The van der Waals surface area contributed by atoms with Gasteiger partial charge in [0.05, 0.1) is 5.04 Å². The number of aliphatic imine (C=N–C) groups is 1. The Morgan fingerprint density at radius 1 is 1.08 bits per heavy atom. The molecule has 134 valence electrons. The molecule has 0 aromatic rings. The molecule has 5 atom stereocenters. The molecule has 0 aliphatic carbocycles. The molecule has 2 aliphatic rings. The number of nitrogens with zero attached hydrogens (tertiary/aromatic N) is 1. The molecule has 2 rings (SSSR count). The molecule has 0 spiro atoms. The molecule has 24 heavy (non-hydrogen) atoms. The normalized spacial score (nSPS) is 31.7. The van der Waals surface area contributed by atoms with Gasteiger partial charge in [0, 0.05) is 20.8 Å². The first-order chi connectivity index (χ1) is 11.3. The monoisotopic (exact) mass is 359 g/mol. The van der Waals surface area contributed by atoms with Crippen LogP contribution in [0.5, 0.6) is 0 Å². The van der Waals surface area contributed by atoms with Gasteiger partial charge < -0.3 is 18.9 Å². The van der Waals surface area contributed by atoms with Gasteiger partial charge in [-0.05, 0) is 6.42 Å². The summed E-state index contributed by atoms with van der Waals surface area (Å²) in [6.07, 6.45) is -1.70. The van der Waals surface area contributed by atoms with E-state index < -0.39 is 42.3 Å². The van der Waals surface area contributed by atoms with Crippen LogP contribution in [-0.4, -0.2) is 59.3 Å². The van der Waals surface area contributed by atoms with Crippen LogP contribution in [0, 0.1) is 0 Å². The molecule has 8 nitrogen and oxygen atoms in total. The number of hydrogen-bond donors (Lipinski definition) is 0. The van der Waals surface area contributed by atoms with E-state index in [4.69, 9.17) is 18.9 Å². The van der Waals surface area contributed by atoms with Crippen LogP contribution >= 0.6 is 11.8 Å². The quantitative estimate of drug-likeness (QED) is 0.531. The van der Waals surface area contributed by atoms with Crippen LogP contribution in [0.2, 0.25) is 0 Å². The highest BCUT2D eigenvalue weighted by Crippen LogP contribution is 2.39. The van der Waals surface area contributed by atoms with E-state index in [0.717, 1.165) is 11.5 Å². The summed E-state index contributed by atoms with van der Waals surface area (Å²) in [5.74, 6) is -1.53. The third kappa shape index (κ3) is 4.47. The summed E-state index contributed by atoms with van der Waals surface area (Å²) < 4.78 is 21.6. The molecule has 1 fully saturated rings. The van der Waals surface area contributed by atoms with Crippen molar-refractivity contribution in [3.63, 3.8) is 0 Å². The number of ether oxygens (including phenoxy) is 4. The summed E-state index contributed by atoms with van der Waals surface area (Å²) in [5.41, 5.74) is -0.378. The zero-order chi connectivity index (χ0) is 17.9. The number of carbonyl (C=O) groups excluding carboxylic acids is 3. The van der Waals surface area contributed by atoms with E-state index in [1.807, 2.05) is 6.92 Å². The molecular weight excluding hydrogens is 338 g/mol. The van der Waals surface area contributed by atoms with Gasteiger partial charge in [-0.25, -0.2) is 0 Å². The summed E-state index contributed by atoms with van der Waals surface area (Å²) in [5, 5.41) is 0.872. The summed E-state index contributed by atoms with van der Waals surface area (Å²) in [6.45, 7) is 5.67. The SMILES string of the molecule is CCC1=N[C@@H]2[C@@H](OC(C)=O)[C@H](OC(C)=O)[C@@H](COC(C)=O)O[C@@H]2S1. The Labute approximate surface area is 144 Å². The smallest absolute Gasteiger partial charge is 0.303 e. The molecule has 2 heterocycles. The van der Waals surface area contributed by atoms with Gasteiger partial charge in [-0.2, -0.15) is 0 Å². The van der Waals surface area contributed by atoms with Crippen LogP contribution < -0.4 is 0 Å². The zero-order valence-electron chi connectivity index (χ0n) is 14.0. The van der Waals surface area contributed by atoms with Crippen molar-refractivity contribution < 1.29 is 33.3 Å². The molecular formula is C15H21NO7S. The molecule has 2 aliphatic heterocycles. The van der Waals surface area contributed by atoms with Gasteiger partial charge >= 0.3 is 17.9 Å². The van der Waals surface area contributed by atoms with Crippen molar-refractivity contribution in [1.29, 1.82) is 0 Å². The summed E-state index contributed by atoms with van der Waals surface area (Å²) in [7, 11) is 0. The lowest BCUT2D eigenvalue weighted by molar-refractivity contribution is -0.208. The molecule has 0 unspecified atom stereocenters. The number of hydrogen-bond acceptors (Lipinski definition) is 9. The lowest BCUT2D eigenvalue weighted by atomic mass is 9.98. The van der Waals surface area contributed by atoms with Crippen LogP contribution in [0.3, 0.4) is 0 Å². The maximum absolute atomic E-state index is 11.5. The van der Waals surface area contributed by atoms with Crippen molar-refractivity contribution >= 4 is 34.7 Å². The van der Waals surface area contributed by atoms with Crippen LogP contribution in [0.4, 0.5) is 0 Å². The van der Waals surface area contributed by atoms with E-state index in [1.54, 1.807) is 0 Å². The fourth-order valence-electron chi connectivity index (χ4n) is 2.62. The van der Waals surface area contributed by atoms with Crippen LogP contribution in [0.15, 0.2) is 4.99 Å². The molecule has 0 N–H and O–H groups in total. The second-order valence-electron chi connectivity index (χ2n) is 5.48. The minimum Gasteiger partial charge on any atom is -0.463 e. The molecule has 0 aromatic carbocycles. The first-order valence-corrected chi connectivity index (χ1v) is 8.56. The minimum atomic E-state index is -0.896. The second-order valence-corrected chi connectivity index (χ2v) is 6.65. The molecule has 0 aromatic heterocycles. The highest BCUT2D eigenvalue weighted by Gasteiger charge is 2.52. The van der Waals surface area contributed by atoms with Crippen molar-refractivity contribution in [1.82, 2.24) is 0 Å². The number of rotatable bonds is 5. The van der Waals surface area contributed by atoms with Gasteiger partial charge in [0.25, 0.3) is 0 Å². The molecule has 0 radical (unpaired) electrons. The average Bonchev–Trinajstić information content (AvgIpc) is 2.89. The maximum Gasteiger partial charge on any atom is 0.303 e. The molecule has 0 bridgehead atoms. The topological polar surface area (TPSA) is 100 Å². The Kier molecular flexibility index (Phi) is 6.22. The van der Waals surface area contributed by atoms with E-state index in [9.17, 15) is 14.4 Å². The van der Waals surface area contributed by atoms with Gasteiger partial charge in [0.2, 0.25) is 0 Å². The highest BCUT2D eigenvalue weighted by molar-refractivity contribution is 8.14. The Bertz CT molecular complexity index is 550. The fourth-order valence-corrected chi connectivity index (χ4v) is 3.80. The van der Waals surface area contributed by atoms with Crippen molar-refractivity contribution in [2.75, 3.05) is 6.61 Å². The Balaban J connectivity index is 2.27. The van der Waals surface area contributed by atoms with E-state index in [2.05, 4.69) is 4.99 Å². The summed E-state index contributed by atoms with van der Waals surface area (Å²) >= 11 is 1.44. The largest absolute Gasteiger partial charge is 0.463 e. The van der Waals surface area contributed by atoms with Crippen LogP contribution in [0.1, 0.15) is 34.1 Å². The third-order valence-electron chi connectivity index (χ3n) is 3.52. The van der Waals surface area contributed by atoms with E-state index >= 15 is 0 Å². The predicted molar refractivity (Wildman–Crippen MR) is 85.5 cm³/mol. The minimum absolute atomic E-state index is 0.101. The van der Waals surface area contributed by atoms with Crippen LogP contribution in [-0.2, 0) is 33.3 Å². The summed E-state index contributed by atoms with van der Waals surface area (Å²) in [6, 6.07) is -0.466.